The lowest BCUT2D eigenvalue weighted by Gasteiger charge is -2.38. The first kappa shape index (κ1) is 14.1. The molecule has 0 saturated carbocycles. The van der Waals surface area contributed by atoms with E-state index in [4.69, 9.17) is 4.74 Å². The van der Waals surface area contributed by atoms with Crippen LogP contribution in [-0.2, 0) is 9.53 Å². The van der Waals surface area contributed by atoms with E-state index in [-0.39, 0.29) is 24.0 Å². The molecule has 0 radical (unpaired) electrons. The molecule has 0 aliphatic carbocycles. The molecule has 104 valence electrons. The van der Waals surface area contributed by atoms with Gasteiger partial charge in [0, 0.05) is 12.5 Å². The van der Waals surface area contributed by atoms with Crippen LogP contribution in [0.3, 0.4) is 0 Å². The zero-order valence-corrected chi connectivity index (χ0v) is 12.2. The highest BCUT2D eigenvalue weighted by Gasteiger charge is 2.30. The van der Waals surface area contributed by atoms with E-state index < -0.39 is 0 Å². The molecule has 2 unspecified atom stereocenters. The molecule has 0 bridgehead atoms. The quantitative estimate of drug-likeness (QED) is 0.819. The molecular formula is C16H23NO2. The van der Waals surface area contributed by atoms with Crippen molar-refractivity contribution in [2.45, 2.75) is 39.9 Å². The van der Waals surface area contributed by atoms with Gasteiger partial charge in [-0.2, -0.15) is 0 Å². The molecule has 2 atom stereocenters. The third-order valence-electron chi connectivity index (χ3n) is 3.51. The van der Waals surface area contributed by atoms with Gasteiger partial charge in [-0.05, 0) is 19.4 Å². The number of hydrogen-bond acceptors (Lipinski definition) is 2. The van der Waals surface area contributed by atoms with E-state index in [0.29, 0.717) is 13.1 Å². The molecule has 0 aromatic heterocycles. The van der Waals surface area contributed by atoms with E-state index >= 15 is 0 Å². The number of benzene rings is 1. The van der Waals surface area contributed by atoms with Crippen LogP contribution in [0.5, 0.6) is 0 Å². The number of carbonyl (C=O) groups excluding carboxylic acids is 1. The molecule has 1 fully saturated rings. The van der Waals surface area contributed by atoms with Gasteiger partial charge in [0.15, 0.2) is 0 Å². The maximum absolute atomic E-state index is 12.1. The fraction of sp³-hybridized carbons (Fsp3) is 0.562. The average Bonchev–Trinajstić information content (AvgIpc) is 2.37. The summed E-state index contributed by atoms with van der Waals surface area (Å²) in [6.07, 6.45) is 0.0785. The Kier molecular flexibility index (Phi) is 4.25. The second kappa shape index (κ2) is 5.74. The van der Waals surface area contributed by atoms with Gasteiger partial charge in [-0.15, -0.1) is 0 Å². The lowest BCUT2D eigenvalue weighted by molar-refractivity contribution is -0.148. The van der Waals surface area contributed by atoms with Crippen LogP contribution in [0.15, 0.2) is 24.3 Å². The van der Waals surface area contributed by atoms with Crippen LogP contribution < -0.4 is 0 Å². The number of ether oxygens (including phenoxy) is 1. The van der Waals surface area contributed by atoms with Crippen LogP contribution in [-0.4, -0.2) is 30.0 Å². The molecule has 1 amide bonds. The van der Waals surface area contributed by atoms with E-state index in [9.17, 15) is 4.79 Å². The summed E-state index contributed by atoms with van der Waals surface area (Å²) in [7, 11) is 0. The molecule has 0 spiro atoms. The highest BCUT2D eigenvalue weighted by molar-refractivity contribution is 5.78. The molecule has 19 heavy (non-hydrogen) atoms. The summed E-state index contributed by atoms with van der Waals surface area (Å²) < 4.78 is 5.98. The van der Waals surface area contributed by atoms with Crippen LogP contribution in [0.1, 0.15) is 38.0 Å². The second-order valence-corrected chi connectivity index (χ2v) is 5.74. The summed E-state index contributed by atoms with van der Waals surface area (Å²) in [5.74, 6) is 0.260. The summed E-state index contributed by atoms with van der Waals surface area (Å²) >= 11 is 0. The van der Waals surface area contributed by atoms with Crippen LogP contribution >= 0.6 is 0 Å². The fourth-order valence-corrected chi connectivity index (χ4v) is 2.46. The molecular weight excluding hydrogens is 238 g/mol. The van der Waals surface area contributed by atoms with Crippen molar-refractivity contribution < 1.29 is 9.53 Å². The molecule has 1 aliphatic rings. The van der Waals surface area contributed by atoms with Crippen molar-refractivity contribution in [3.63, 3.8) is 0 Å². The minimum atomic E-state index is -0.00736. The highest BCUT2D eigenvalue weighted by atomic mass is 16.5. The van der Waals surface area contributed by atoms with E-state index in [1.165, 1.54) is 5.56 Å². The smallest absolute Gasteiger partial charge is 0.225 e. The van der Waals surface area contributed by atoms with Gasteiger partial charge in [0.05, 0.1) is 12.6 Å². The molecule has 1 saturated heterocycles. The fourth-order valence-electron chi connectivity index (χ4n) is 2.46. The Morgan fingerprint density at radius 1 is 1.26 bits per heavy atom. The van der Waals surface area contributed by atoms with Gasteiger partial charge in [-0.3, -0.25) is 4.79 Å². The van der Waals surface area contributed by atoms with Gasteiger partial charge in [-0.1, -0.05) is 43.7 Å². The van der Waals surface area contributed by atoms with E-state index in [1.807, 2.05) is 25.7 Å². The van der Waals surface area contributed by atoms with Crippen LogP contribution in [0.4, 0.5) is 0 Å². The summed E-state index contributed by atoms with van der Waals surface area (Å²) in [4.78, 5) is 14.1. The minimum absolute atomic E-state index is 0.00736. The maximum Gasteiger partial charge on any atom is 0.225 e. The van der Waals surface area contributed by atoms with Crippen molar-refractivity contribution in [1.29, 1.82) is 0 Å². The standard InChI is InChI=1S/C16H23NO2/c1-11(2)16(18)17-9-13(4)19-15(10-17)14-7-5-12(3)6-8-14/h5-8,11,13,15H,9-10H2,1-4H3. The second-order valence-electron chi connectivity index (χ2n) is 5.74. The monoisotopic (exact) mass is 261 g/mol. The first-order chi connectivity index (χ1) is 8.97. The Morgan fingerprint density at radius 2 is 1.89 bits per heavy atom. The van der Waals surface area contributed by atoms with Gasteiger partial charge in [0.25, 0.3) is 0 Å². The van der Waals surface area contributed by atoms with Crippen molar-refractivity contribution in [3.05, 3.63) is 35.4 Å². The molecule has 1 heterocycles. The number of aryl methyl sites for hydroxylation is 1. The Bertz CT molecular complexity index is 439. The van der Waals surface area contributed by atoms with Crippen molar-refractivity contribution >= 4 is 5.91 Å². The molecule has 1 aromatic carbocycles. The lowest BCUT2D eigenvalue weighted by atomic mass is 10.0. The summed E-state index contributed by atoms with van der Waals surface area (Å²) in [5.41, 5.74) is 2.39. The molecule has 0 N–H and O–H groups in total. The third-order valence-corrected chi connectivity index (χ3v) is 3.51. The Labute approximate surface area is 115 Å². The predicted octanol–water partition coefficient (Wildman–Crippen LogP) is 2.94. The number of nitrogens with zero attached hydrogens (tertiary/aromatic N) is 1. The van der Waals surface area contributed by atoms with Gasteiger partial charge in [-0.25, -0.2) is 0 Å². The van der Waals surface area contributed by atoms with Gasteiger partial charge >= 0.3 is 0 Å². The highest BCUT2D eigenvalue weighted by Crippen LogP contribution is 2.26. The van der Waals surface area contributed by atoms with Crippen molar-refractivity contribution in [3.8, 4) is 0 Å². The number of rotatable bonds is 2. The SMILES string of the molecule is Cc1ccc(C2CN(C(=O)C(C)C)CC(C)O2)cc1. The molecule has 3 heteroatoms. The van der Waals surface area contributed by atoms with Crippen LogP contribution in [0.2, 0.25) is 0 Å². The van der Waals surface area contributed by atoms with Gasteiger partial charge in [0.2, 0.25) is 5.91 Å². The van der Waals surface area contributed by atoms with E-state index in [0.717, 1.165) is 5.56 Å². The lowest BCUT2D eigenvalue weighted by Crippen LogP contribution is -2.47. The molecule has 3 nitrogen and oxygen atoms in total. The van der Waals surface area contributed by atoms with Gasteiger partial charge < -0.3 is 9.64 Å². The number of hydrogen-bond donors (Lipinski definition) is 0. The minimum Gasteiger partial charge on any atom is -0.367 e. The third kappa shape index (κ3) is 3.35. The average molecular weight is 261 g/mol. The first-order valence-corrected chi connectivity index (χ1v) is 6.98. The molecule has 2 rings (SSSR count). The zero-order chi connectivity index (χ0) is 14.0. The summed E-state index contributed by atoms with van der Waals surface area (Å²) in [6.45, 7) is 9.35. The van der Waals surface area contributed by atoms with Crippen LogP contribution in [0.25, 0.3) is 0 Å². The Hall–Kier alpha value is -1.35. The summed E-state index contributed by atoms with van der Waals surface area (Å²) in [6, 6.07) is 8.37. The normalized spacial score (nSPS) is 23.7. The molecule has 1 aromatic rings. The maximum atomic E-state index is 12.1. The predicted molar refractivity (Wildman–Crippen MR) is 75.9 cm³/mol. The van der Waals surface area contributed by atoms with Gasteiger partial charge in [0.1, 0.15) is 6.10 Å². The van der Waals surface area contributed by atoms with E-state index in [2.05, 4.69) is 31.2 Å². The molecule has 1 aliphatic heterocycles. The largest absolute Gasteiger partial charge is 0.367 e. The number of carbonyl (C=O) groups is 1. The Morgan fingerprint density at radius 3 is 2.47 bits per heavy atom. The van der Waals surface area contributed by atoms with Crippen molar-refractivity contribution in [2.75, 3.05) is 13.1 Å². The van der Waals surface area contributed by atoms with E-state index in [1.54, 1.807) is 0 Å². The Balaban J connectivity index is 2.13. The first-order valence-electron chi connectivity index (χ1n) is 6.98. The topological polar surface area (TPSA) is 29.5 Å². The van der Waals surface area contributed by atoms with Crippen molar-refractivity contribution in [2.24, 2.45) is 5.92 Å². The number of amides is 1. The zero-order valence-electron chi connectivity index (χ0n) is 12.2. The summed E-state index contributed by atoms with van der Waals surface area (Å²) in [5, 5.41) is 0. The van der Waals surface area contributed by atoms with Crippen molar-refractivity contribution in [1.82, 2.24) is 4.90 Å². The van der Waals surface area contributed by atoms with Crippen LogP contribution in [0, 0.1) is 12.8 Å². The number of morpholine rings is 1.